The van der Waals surface area contributed by atoms with E-state index < -0.39 is 5.60 Å². The molecule has 4 heteroatoms. The third kappa shape index (κ3) is 9.36. The molecular formula is C16H28N2O2. The van der Waals surface area contributed by atoms with Gasteiger partial charge < -0.3 is 10.5 Å². The van der Waals surface area contributed by atoms with Crippen LogP contribution in [-0.4, -0.2) is 24.5 Å². The molecule has 114 valence electrons. The Balaban J connectivity index is 4.43. The molecule has 0 aliphatic carbocycles. The quantitative estimate of drug-likeness (QED) is 0.351. The van der Waals surface area contributed by atoms with Gasteiger partial charge in [0, 0.05) is 7.05 Å². The van der Waals surface area contributed by atoms with Gasteiger partial charge >= 0.3 is 5.97 Å². The van der Waals surface area contributed by atoms with Crippen LogP contribution >= 0.6 is 0 Å². The lowest BCUT2D eigenvalue weighted by Gasteiger charge is -2.32. The topological polar surface area (TPSA) is 64.7 Å². The molecule has 0 aliphatic rings. The van der Waals surface area contributed by atoms with E-state index in [2.05, 4.69) is 32.3 Å². The number of hydrogen-bond acceptors (Lipinski definition) is 3. The summed E-state index contributed by atoms with van der Waals surface area (Å²) in [6, 6.07) is 0. The molecule has 0 aliphatic heterocycles. The number of nitrogens with two attached hydrogens (primary N) is 1. The van der Waals surface area contributed by atoms with Crippen LogP contribution in [0.5, 0.6) is 0 Å². The second-order valence-corrected chi connectivity index (χ2v) is 6.79. The van der Waals surface area contributed by atoms with E-state index in [1.165, 1.54) is 0 Å². The van der Waals surface area contributed by atoms with Gasteiger partial charge in [-0.2, -0.15) is 0 Å². The summed E-state index contributed by atoms with van der Waals surface area (Å²) in [6.45, 7) is 14.0. The van der Waals surface area contributed by atoms with Crippen molar-refractivity contribution in [2.75, 3.05) is 7.05 Å². The van der Waals surface area contributed by atoms with Gasteiger partial charge in [0.15, 0.2) is 0 Å². The van der Waals surface area contributed by atoms with Gasteiger partial charge in [0.05, 0.1) is 6.42 Å². The normalized spacial score (nSPS) is 13.6. The zero-order valence-corrected chi connectivity index (χ0v) is 13.6. The first kappa shape index (κ1) is 18.4. The first-order chi connectivity index (χ1) is 8.95. The van der Waals surface area contributed by atoms with E-state index in [-0.39, 0.29) is 17.8 Å². The maximum absolute atomic E-state index is 11.9. The van der Waals surface area contributed by atoms with Crippen LogP contribution in [0, 0.1) is 5.41 Å². The van der Waals surface area contributed by atoms with Crippen molar-refractivity contribution in [2.24, 2.45) is 16.1 Å². The van der Waals surface area contributed by atoms with Crippen molar-refractivity contribution in [2.45, 2.75) is 53.1 Å². The molecule has 0 aromatic heterocycles. The average Bonchev–Trinajstić information content (AvgIpc) is 2.20. The molecule has 0 spiro atoms. The molecule has 0 aromatic rings. The number of hydrogen-bond donors (Lipinski definition) is 1. The largest absolute Gasteiger partial charge is 0.459 e. The summed E-state index contributed by atoms with van der Waals surface area (Å²) in [7, 11) is 1.60. The van der Waals surface area contributed by atoms with Crippen molar-refractivity contribution in [3.8, 4) is 0 Å². The van der Waals surface area contributed by atoms with Gasteiger partial charge in [0.2, 0.25) is 0 Å². The third-order valence-electron chi connectivity index (χ3n) is 2.47. The first-order valence-electron chi connectivity index (χ1n) is 6.75. The van der Waals surface area contributed by atoms with Crippen molar-refractivity contribution in [1.29, 1.82) is 0 Å². The van der Waals surface area contributed by atoms with E-state index in [0.29, 0.717) is 11.4 Å². The van der Waals surface area contributed by atoms with Crippen LogP contribution in [-0.2, 0) is 9.53 Å². The second-order valence-electron chi connectivity index (χ2n) is 6.79. The van der Waals surface area contributed by atoms with Crippen molar-refractivity contribution >= 4 is 11.8 Å². The summed E-state index contributed by atoms with van der Waals surface area (Å²) in [5, 5.41) is 0. The van der Waals surface area contributed by atoms with Crippen molar-refractivity contribution in [1.82, 2.24) is 0 Å². The maximum atomic E-state index is 11.9. The SMILES string of the molecule is C=C(/C=C\C(N)=NC)CC(=O)OC(C)(C)CC(C)(C)C. The van der Waals surface area contributed by atoms with Gasteiger partial charge in [0.25, 0.3) is 0 Å². The fourth-order valence-corrected chi connectivity index (χ4v) is 2.18. The van der Waals surface area contributed by atoms with Crippen LogP contribution in [0.1, 0.15) is 47.5 Å². The smallest absolute Gasteiger partial charge is 0.310 e. The lowest BCUT2D eigenvalue weighted by molar-refractivity contribution is -0.157. The van der Waals surface area contributed by atoms with Crippen LogP contribution in [0.15, 0.2) is 29.3 Å². The van der Waals surface area contributed by atoms with Gasteiger partial charge in [-0.25, -0.2) is 0 Å². The number of amidine groups is 1. The summed E-state index contributed by atoms with van der Waals surface area (Å²) in [5.74, 6) is 0.119. The van der Waals surface area contributed by atoms with Crippen molar-refractivity contribution in [3.63, 3.8) is 0 Å². The molecule has 0 bridgehead atoms. The first-order valence-corrected chi connectivity index (χ1v) is 6.75. The number of esters is 1. The fraction of sp³-hybridized carbons (Fsp3) is 0.625. The summed E-state index contributed by atoms with van der Waals surface area (Å²) >= 11 is 0. The minimum absolute atomic E-state index is 0.104. The Hall–Kier alpha value is -1.58. The lowest BCUT2D eigenvalue weighted by Crippen LogP contribution is -2.32. The van der Waals surface area contributed by atoms with E-state index in [1.54, 1.807) is 19.2 Å². The molecule has 4 nitrogen and oxygen atoms in total. The predicted octanol–water partition coefficient (Wildman–Crippen LogP) is 3.23. The van der Waals surface area contributed by atoms with Gasteiger partial charge in [-0.15, -0.1) is 0 Å². The molecule has 0 atom stereocenters. The average molecular weight is 280 g/mol. The molecule has 0 radical (unpaired) electrons. The van der Waals surface area contributed by atoms with Crippen molar-refractivity contribution < 1.29 is 9.53 Å². The maximum Gasteiger partial charge on any atom is 0.310 e. The monoisotopic (exact) mass is 280 g/mol. The Morgan fingerprint density at radius 1 is 1.25 bits per heavy atom. The molecule has 0 amide bonds. The van der Waals surface area contributed by atoms with Crippen LogP contribution in [0.3, 0.4) is 0 Å². The highest BCUT2D eigenvalue weighted by Gasteiger charge is 2.28. The van der Waals surface area contributed by atoms with E-state index >= 15 is 0 Å². The number of ether oxygens (including phenoxy) is 1. The minimum atomic E-state index is -0.483. The van der Waals surface area contributed by atoms with Gasteiger partial charge in [-0.3, -0.25) is 9.79 Å². The number of aliphatic imine (C=N–C) groups is 1. The summed E-state index contributed by atoms with van der Waals surface area (Å²) in [5.41, 5.74) is 5.80. The lowest BCUT2D eigenvalue weighted by atomic mass is 9.83. The molecule has 0 heterocycles. The van der Waals surface area contributed by atoms with Crippen molar-refractivity contribution in [3.05, 3.63) is 24.3 Å². The molecule has 0 saturated carbocycles. The Labute approximate surface area is 122 Å². The predicted molar refractivity (Wildman–Crippen MR) is 84.7 cm³/mol. The number of carbonyl (C=O) groups is 1. The molecule has 0 fully saturated rings. The number of allylic oxidation sites excluding steroid dienone is 1. The molecule has 0 rings (SSSR count). The summed E-state index contributed by atoms with van der Waals surface area (Å²) in [6.07, 6.45) is 4.25. The Morgan fingerprint density at radius 2 is 1.80 bits per heavy atom. The second kappa shape index (κ2) is 7.27. The Kier molecular flexibility index (Phi) is 6.69. The van der Waals surface area contributed by atoms with E-state index in [9.17, 15) is 4.79 Å². The summed E-state index contributed by atoms with van der Waals surface area (Å²) < 4.78 is 5.52. The van der Waals surface area contributed by atoms with E-state index in [1.807, 2.05) is 13.8 Å². The van der Waals surface area contributed by atoms with Crippen LogP contribution in [0.25, 0.3) is 0 Å². The number of nitrogens with zero attached hydrogens (tertiary/aromatic N) is 1. The zero-order chi connectivity index (χ0) is 16.0. The van der Waals surface area contributed by atoms with Crippen LogP contribution in [0.4, 0.5) is 0 Å². The van der Waals surface area contributed by atoms with Gasteiger partial charge in [-0.1, -0.05) is 33.4 Å². The Morgan fingerprint density at radius 3 is 2.25 bits per heavy atom. The Bertz CT molecular complexity index is 413. The number of carbonyl (C=O) groups excluding carboxylic acids is 1. The molecule has 0 aromatic carbocycles. The summed E-state index contributed by atoms with van der Waals surface area (Å²) in [4.78, 5) is 15.7. The molecular weight excluding hydrogens is 252 g/mol. The zero-order valence-electron chi connectivity index (χ0n) is 13.6. The molecule has 20 heavy (non-hydrogen) atoms. The minimum Gasteiger partial charge on any atom is -0.459 e. The standard InChI is InChI=1S/C16H28N2O2/c1-12(8-9-13(17)18-7)10-14(19)20-16(5,6)11-15(2,3)4/h8-9H,1,10-11H2,2-7H3,(H2,17,18)/b9-8-. The van der Waals surface area contributed by atoms with E-state index in [4.69, 9.17) is 10.5 Å². The fourth-order valence-electron chi connectivity index (χ4n) is 2.18. The van der Waals surface area contributed by atoms with Gasteiger partial charge in [-0.05, 0) is 37.3 Å². The van der Waals surface area contributed by atoms with Crippen LogP contribution < -0.4 is 5.73 Å². The molecule has 2 N–H and O–H groups in total. The van der Waals surface area contributed by atoms with Gasteiger partial charge in [0.1, 0.15) is 11.4 Å². The molecule has 0 saturated heterocycles. The molecule has 0 unspecified atom stereocenters. The van der Waals surface area contributed by atoms with Crippen LogP contribution in [0.2, 0.25) is 0 Å². The highest BCUT2D eigenvalue weighted by molar-refractivity contribution is 5.91. The highest BCUT2D eigenvalue weighted by Crippen LogP contribution is 2.29. The van der Waals surface area contributed by atoms with E-state index in [0.717, 1.165) is 6.42 Å². The highest BCUT2D eigenvalue weighted by atomic mass is 16.6. The third-order valence-corrected chi connectivity index (χ3v) is 2.47. The number of rotatable bonds is 6.